The average molecular weight is 282 g/mol. The minimum Gasteiger partial charge on any atom is -0.390 e. The van der Waals surface area contributed by atoms with Crippen LogP contribution in [-0.4, -0.2) is 48.3 Å². The van der Waals surface area contributed by atoms with Crippen LogP contribution in [0, 0.1) is 6.92 Å². The molecule has 2 unspecified atom stereocenters. The second-order valence-corrected chi connectivity index (χ2v) is 7.06. The Labute approximate surface area is 120 Å². The van der Waals surface area contributed by atoms with Crippen molar-refractivity contribution in [3.63, 3.8) is 0 Å². The summed E-state index contributed by atoms with van der Waals surface area (Å²) in [7, 11) is 0. The van der Waals surface area contributed by atoms with Gasteiger partial charge in [-0.05, 0) is 58.3 Å². The topological polar surface area (TPSA) is 35.5 Å². The van der Waals surface area contributed by atoms with Gasteiger partial charge in [0.05, 0.1) is 6.10 Å². The van der Waals surface area contributed by atoms with Gasteiger partial charge in [-0.2, -0.15) is 0 Å². The molecule has 0 amide bonds. The minimum absolute atomic E-state index is 0.245. The summed E-state index contributed by atoms with van der Waals surface area (Å²) in [6, 6.07) is 4.81. The number of rotatable bonds is 7. The maximum absolute atomic E-state index is 10.0. The number of likely N-dealkylation sites (tertiary alicyclic amines) is 1. The van der Waals surface area contributed by atoms with Crippen LogP contribution in [0.1, 0.15) is 29.5 Å². The lowest BCUT2D eigenvalue weighted by Gasteiger charge is -2.21. The third kappa shape index (κ3) is 5.22. The zero-order valence-corrected chi connectivity index (χ0v) is 12.9. The summed E-state index contributed by atoms with van der Waals surface area (Å²) in [5.74, 6) is 0. The summed E-state index contributed by atoms with van der Waals surface area (Å²) in [4.78, 5) is 5.16. The molecule has 2 heterocycles. The number of hydrogen-bond acceptors (Lipinski definition) is 4. The fourth-order valence-electron chi connectivity index (χ4n) is 2.63. The third-order valence-electron chi connectivity index (χ3n) is 3.67. The van der Waals surface area contributed by atoms with Crippen molar-refractivity contribution in [2.45, 2.75) is 45.3 Å². The predicted octanol–water partition coefficient (Wildman–Crippen LogP) is 2.03. The first-order valence-corrected chi connectivity index (χ1v) is 8.14. The molecule has 0 radical (unpaired) electrons. The van der Waals surface area contributed by atoms with Crippen molar-refractivity contribution in [2.75, 3.05) is 26.2 Å². The van der Waals surface area contributed by atoms with Gasteiger partial charge in [-0.3, -0.25) is 0 Å². The van der Waals surface area contributed by atoms with Crippen LogP contribution in [-0.2, 0) is 6.42 Å². The van der Waals surface area contributed by atoms with Crippen LogP contribution >= 0.6 is 11.3 Å². The first-order chi connectivity index (χ1) is 9.13. The molecule has 2 N–H and O–H groups in total. The molecule has 4 heteroatoms. The van der Waals surface area contributed by atoms with Crippen LogP contribution in [0.5, 0.6) is 0 Å². The molecule has 0 spiro atoms. The SMILES string of the molecule is Cc1ccc(CC(C)NCC(O)CN2CCCC2)s1. The molecule has 2 atom stereocenters. The summed E-state index contributed by atoms with van der Waals surface area (Å²) in [6.45, 7) is 8.16. The molecule has 1 aromatic rings. The predicted molar refractivity (Wildman–Crippen MR) is 81.9 cm³/mol. The van der Waals surface area contributed by atoms with E-state index in [4.69, 9.17) is 0 Å². The Morgan fingerprint density at radius 3 is 2.74 bits per heavy atom. The Bertz CT molecular complexity index is 374. The Balaban J connectivity index is 1.63. The van der Waals surface area contributed by atoms with Gasteiger partial charge in [-0.15, -0.1) is 11.3 Å². The van der Waals surface area contributed by atoms with Gasteiger partial charge in [0.1, 0.15) is 0 Å². The lowest BCUT2D eigenvalue weighted by atomic mass is 10.2. The lowest BCUT2D eigenvalue weighted by Crippen LogP contribution is -2.40. The van der Waals surface area contributed by atoms with E-state index >= 15 is 0 Å². The summed E-state index contributed by atoms with van der Waals surface area (Å²) in [5.41, 5.74) is 0. The number of aliphatic hydroxyl groups is 1. The summed E-state index contributed by atoms with van der Waals surface area (Å²) in [6.07, 6.45) is 3.38. The first-order valence-electron chi connectivity index (χ1n) is 7.32. The van der Waals surface area contributed by atoms with E-state index in [1.807, 2.05) is 11.3 Å². The number of aliphatic hydroxyl groups excluding tert-OH is 1. The largest absolute Gasteiger partial charge is 0.390 e. The van der Waals surface area contributed by atoms with Crippen molar-refractivity contribution in [1.82, 2.24) is 10.2 Å². The van der Waals surface area contributed by atoms with E-state index in [0.717, 1.165) is 26.1 Å². The summed E-state index contributed by atoms with van der Waals surface area (Å²) < 4.78 is 0. The highest BCUT2D eigenvalue weighted by Crippen LogP contribution is 2.16. The van der Waals surface area contributed by atoms with Crippen LogP contribution in [0.25, 0.3) is 0 Å². The molecule has 19 heavy (non-hydrogen) atoms. The van der Waals surface area contributed by atoms with Gasteiger partial charge in [-0.1, -0.05) is 0 Å². The molecular formula is C15H26N2OS. The van der Waals surface area contributed by atoms with Crippen molar-refractivity contribution in [1.29, 1.82) is 0 Å². The molecule has 1 aliphatic rings. The molecule has 1 aromatic heterocycles. The van der Waals surface area contributed by atoms with Crippen LogP contribution in [0.4, 0.5) is 0 Å². The molecular weight excluding hydrogens is 256 g/mol. The quantitative estimate of drug-likeness (QED) is 0.803. The second kappa shape index (κ2) is 7.39. The smallest absolute Gasteiger partial charge is 0.0791 e. The summed E-state index contributed by atoms with van der Waals surface area (Å²) in [5, 5.41) is 13.5. The Kier molecular flexibility index (Phi) is 5.82. The number of nitrogens with one attached hydrogen (secondary N) is 1. The van der Waals surface area contributed by atoms with E-state index in [1.165, 1.54) is 22.6 Å². The number of nitrogens with zero attached hydrogens (tertiary/aromatic N) is 1. The van der Waals surface area contributed by atoms with Crippen molar-refractivity contribution < 1.29 is 5.11 Å². The van der Waals surface area contributed by atoms with E-state index in [0.29, 0.717) is 12.6 Å². The van der Waals surface area contributed by atoms with E-state index in [2.05, 4.69) is 36.2 Å². The summed E-state index contributed by atoms with van der Waals surface area (Å²) >= 11 is 1.87. The third-order valence-corrected chi connectivity index (χ3v) is 4.70. The van der Waals surface area contributed by atoms with Gasteiger partial charge in [0.15, 0.2) is 0 Å². The standard InChI is InChI=1S/C15H26N2OS/c1-12(9-15-6-5-13(2)19-15)16-10-14(18)11-17-7-3-4-8-17/h5-6,12,14,16,18H,3-4,7-11H2,1-2H3. The highest BCUT2D eigenvalue weighted by Gasteiger charge is 2.16. The maximum Gasteiger partial charge on any atom is 0.0791 e. The van der Waals surface area contributed by atoms with Crippen LogP contribution < -0.4 is 5.32 Å². The lowest BCUT2D eigenvalue weighted by molar-refractivity contribution is 0.121. The molecule has 1 aliphatic heterocycles. The Morgan fingerprint density at radius 2 is 2.11 bits per heavy atom. The van der Waals surface area contributed by atoms with Gasteiger partial charge < -0.3 is 15.3 Å². The fraction of sp³-hybridized carbons (Fsp3) is 0.733. The number of β-amino-alcohol motifs (C(OH)–C–C–N with tert-alkyl or cyclic N) is 1. The number of thiophene rings is 1. The zero-order chi connectivity index (χ0) is 13.7. The molecule has 108 valence electrons. The van der Waals surface area contributed by atoms with E-state index in [1.54, 1.807) is 0 Å². The molecule has 2 rings (SSSR count). The van der Waals surface area contributed by atoms with Gasteiger partial charge >= 0.3 is 0 Å². The number of aryl methyl sites for hydroxylation is 1. The molecule has 3 nitrogen and oxygen atoms in total. The molecule has 0 bridgehead atoms. The van der Waals surface area contributed by atoms with Crippen molar-refractivity contribution in [2.24, 2.45) is 0 Å². The first kappa shape index (κ1) is 15.0. The average Bonchev–Trinajstić information content (AvgIpc) is 2.99. The van der Waals surface area contributed by atoms with Crippen molar-refractivity contribution in [3.8, 4) is 0 Å². The van der Waals surface area contributed by atoms with Crippen LogP contribution in [0.2, 0.25) is 0 Å². The maximum atomic E-state index is 10.0. The molecule has 0 aliphatic carbocycles. The van der Waals surface area contributed by atoms with Gasteiger partial charge in [-0.25, -0.2) is 0 Å². The minimum atomic E-state index is -0.245. The zero-order valence-electron chi connectivity index (χ0n) is 12.1. The second-order valence-electron chi connectivity index (χ2n) is 5.69. The monoisotopic (exact) mass is 282 g/mol. The molecule has 1 fully saturated rings. The Hall–Kier alpha value is -0.420. The van der Waals surface area contributed by atoms with Gasteiger partial charge in [0.25, 0.3) is 0 Å². The van der Waals surface area contributed by atoms with Crippen molar-refractivity contribution >= 4 is 11.3 Å². The van der Waals surface area contributed by atoms with Crippen LogP contribution in [0.15, 0.2) is 12.1 Å². The highest BCUT2D eigenvalue weighted by molar-refractivity contribution is 7.11. The van der Waals surface area contributed by atoms with Gasteiger partial charge in [0, 0.05) is 28.9 Å². The van der Waals surface area contributed by atoms with E-state index in [9.17, 15) is 5.11 Å². The van der Waals surface area contributed by atoms with Crippen LogP contribution in [0.3, 0.4) is 0 Å². The highest BCUT2D eigenvalue weighted by atomic mass is 32.1. The number of hydrogen-bond donors (Lipinski definition) is 2. The van der Waals surface area contributed by atoms with Crippen molar-refractivity contribution in [3.05, 3.63) is 21.9 Å². The fourth-order valence-corrected chi connectivity index (χ4v) is 3.65. The normalized spacial score (nSPS) is 19.7. The van der Waals surface area contributed by atoms with E-state index in [-0.39, 0.29) is 6.10 Å². The molecule has 0 aromatic carbocycles. The van der Waals surface area contributed by atoms with Gasteiger partial charge in [0.2, 0.25) is 0 Å². The Morgan fingerprint density at radius 1 is 1.37 bits per heavy atom. The molecule has 1 saturated heterocycles. The van der Waals surface area contributed by atoms with E-state index < -0.39 is 0 Å². The molecule has 0 saturated carbocycles.